The van der Waals surface area contributed by atoms with Gasteiger partial charge in [0.2, 0.25) is 11.8 Å². The highest BCUT2D eigenvalue weighted by molar-refractivity contribution is 5.93. The van der Waals surface area contributed by atoms with Crippen LogP contribution >= 0.6 is 0 Å². The van der Waals surface area contributed by atoms with Gasteiger partial charge in [-0.05, 0) is 41.7 Å². The first-order valence-electron chi connectivity index (χ1n) is 15.1. The molecule has 0 aromatic heterocycles. The molecule has 0 aliphatic carbocycles. The molecule has 0 unspecified atom stereocenters. The smallest absolute Gasteiger partial charge is 0.347 e. The summed E-state index contributed by atoms with van der Waals surface area (Å²) in [6.07, 6.45) is 5.87. The summed E-state index contributed by atoms with van der Waals surface area (Å²) in [7, 11) is 1.57. The standard InChI is InChI=1S/C35H44N2O7/c1-23(2)20-31-35(41)43-30(24(3)14-15-26-10-7-6-8-11-26)12-9-13-32(38)37-29(21-27-16-18-28(42-5)19-17-27)33(39)36-22-25(4)34(40)44-31/h6-11,13-19,23-25,29-31H,12,20-22H2,1-5H3,(H,36,39)(H,37,38)/b13-9+,15-14+/t24-,25-,29-,30+,31+/m1/s1. The van der Waals surface area contributed by atoms with Gasteiger partial charge in [-0.25, -0.2) is 4.79 Å². The van der Waals surface area contributed by atoms with Gasteiger partial charge in [-0.3, -0.25) is 14.4 Å². The first kappa shape index (κ1) is 34.1. The first-order valence-corrected chi connectivity index (χ1v) is 15.1. The Kier molecular flexibility index (Phi) is 13.2. The minimum atomic E-state index is -1.10. The minimum absolute atomic E-state index is 0.0319. The van der Waals surface area contributed by atoms with Crippen molar-refractivity contribution in [3.05, 3.63) is 84.0 Å². The Morgan fingerprint density at radius 1 is 0.955 bits per heavy atom. The van der Waals surface area contributed by atoms with Gasteiger partial charge in [-0.1, -0.05) is 88.4 Å². The average Bonchev–Trinajstić information content (AvgIpc) is 3.01. The van der Waals surface area contributed by atoms with E-state index in [0.717, 1.165) is 11.1 Å². The van der Waals surface area contributed by atoms with E-state index in [9.17, 15) is 19.2 Å². The molecule has 0 saturated heterocycles. The number of methoxy groups -OCH3 is 1. The number of amides is 2. The molecule has 2 aromatic carbocycles. The van der Waals surface area contributed by atoms with Crippen LogP contribution in [0.4, 0.5) is 0 Å². The Morgan fingerprint density at radius 3 is 2.32 bits per heavy atom. The lowest BCUT2D eigenvalue weighted by Crippen LogP contribution is -2.49. The number of esters is 2. The zero-order valence-corrected chi connectivity index (χ0v) is 26.2. The van der Waals surface area contributed by atoms with Crippen molar-refractivity contribution in [1.29, 1.82) is 0 Å². The summed E-state index contributed by atoms with van der Waals surface area (Å²) in [6.45, 7) is 7.36. The molecular weight excluding hydrogens is 560 g/mol. The number of hydrogen-bond acceptors (Lipinski definition) is 7. The maximum Gasteiger partial charge on any atom is 0.347 e. The van der Waals surface area contributed by atoms with E-state index in [4.69, 9.17) is 14.2 Å². The Labute approximate surface area is 260 Å². The van der Waals surface area contributed by atoms with Gasteiger partial charge >= 0.3 is 11.9 Å². The van der Waals surface area contributed by atoms with Crippen molar-refractivity contribution in [2.75, 3.05) is 13.7 Å². The summed E-state index contributed by atoms with van der Waals surface area (Å²) in [5, 5.41) is 5.52. The second-order valence-corrected chi connectivity index (χ2v) is 11.6. The Morgan fingerprint density at radius 2 is 1.66 bits per heavy atom. The molecule has 0 radical (unpaired) electrons. The number of carbonyl (C=O) groups excluding carboxylic acids is 4. The molecule has 44 heavy (non-hydrogen) atoms. The summed E-state index contributed by atoms with van der Waals surface area (Å²) in [5.74, 6) is -2.41. The fourth-order valence-corrected chi connectivity index (χ4v) is 4.62. The molecule has 0 saturated carbocycles. The Bertz CT molecular complexity index is 1300. The van der Waals surface area contributed by atoms with Crippen LogP contribution in [0.15, 0.2) is 72.8 Å². The van der Waals surface area contributed by atoms with E-state index in [0.29, 0.717) is 5.75 Å². The minimum Gasteiger partial charge on any atom is -0.497 e. The Balaban J connectivity index is 1.88. The van der Waals surface area contributed by atoms with Crippen LogP contribution in [0.2, 0.25) is 0 Å². The summed E-state index contributed by atoms with van der Waals surface area (Å²) < 4.78 is 16.8. The summed E-state index contributed by atoms with van der Waals surface area (Å²) in [5.41, 5.74) is 1.82. The zero-order valence-electron chi connectivity index (χ0n) is 26.2. The van der Waals surface area contributed by atoms with Gasteiger partial charge in [0.05, 0.1) is 13.0 Å². The molecule has 9 nitrogen and oxygen atoms in total. The topological polar surface area (TPSA) is 120 Å². The van der Waals surface area contributed by atoms with E-state index in [2.05, 4.69) is 10.6 Å². The predicted octanol–water partition coefficient (Wildman–Crippen LogP) is 4.65. The van der Waals surface area contributed by atoms with Crippen LogP contribution in [0, 0.1) is 17.8 Å². The second kappa shape index (κ2) is 17.0. The largest absolute Gasteiger partial charge is 0.497 e. The molecule has 1 aliphatic heterocycles. The normalized spacial score (nSPS) is 23.8. The monoisotopic (exact) mass is 604 g/mol. The van der Waals surface area contributed by atoms with Crippen LogP contribution in [0.5, 0.6) is 5.75 Å². The molecule has 2 amide bonds. The van der Waals surface area contributed by atoms with Crippen molar-refractivity contribution in [2.24, 2.45) is 17.8 Å². The van der Waals surface area contributed by atoms with E-state index in [1.165, 1.54) is 6.08 Å². The molecular formula is C35H44N2O7. The lowest BCUT2D eigenvalue weighted by Gasteiger charge is -2.26. The van der Waals surface area contributed by atoms with Crippen molar-refractivity contribution in [3.8, 4) is 5.75 Å². The van der Waals surface area contributed by atoms with Crippen molar-refractivity contribution >= 4 is 29.8 Å². The fourth-order valence-electron chi connectivity index (χ4n) is 4.62. The van der Waals surface area contributed by atoms with Gasteiger partial charge in [0, 0.05) is 25.3 Å². The number of nitrogens with one attached hydrogen (secondary N) is 2. The molecule has 5 atom stereocenters. The average molecular weight is 605 g/mol. The lowest BCUT2D eigenvalue weighted by molar-refractivity contribution is -0.175. The van der Waals surface area contributed by atoms with Crippen LogP contribution in [-0.4, -0.2) is 55.7 Å². The first-order chi connectivity index (χ1) is 21.0. The van der Waals surface area contributed by atoms with Crippen LogP contribution in [-0.2, 0) is 35.1 Å². The molecule has 0 spiro atoms. The highest BCUT2D eigenvalue weighted by atomic mass is 16.6. The zero-order chi connectivity index (χ0) is 32.1. The molecule has 9 heteroatoms. The lowest BCUT2D eigenvalue weighted by atomic mass is 9.99. The maximum atomic E-state index is 13.4. The summed E-state index contributed by atoms with van der Waals surface area (Å²) in [6, 6.07) is 16.1. The second-order valence-electron chi connectivity index (χ2n) is 11.6. The van der Waals surface area contributed by atoms with Gasteiger partial charge in [0.15, 0.2) is 6.10 Å². The number of benzene rings is 2. The number of rotatable bonds is 8. The van der Waals surface area contributed by atoms with E-state index in [-0.39, 0.29) is 37.6 Å². The Hall–Kier alpha value is -4.40. The molecule has 0 bridgehead atoms. The summed E-state index contributed by atoms with van der Waals surface area (Å²) in [4.78, 5) is 52.6. The highest BCUT2D eigenvalue weighted by Gasteiger charge is 2.31. The quantitative estimate of drug-likeness (QED) is 0.421. The van der Waals surface area contributed by atoms with Crippen molar-refractivity contribution < 1.29 is 33.4 Å². The van der Waals surface area contributed by atoms with Gasteiger partial charge in [0.1, 0.15) is 17.9 Å². The van der Waals surface area contributed by atoms with Crippen molar-refractivity contribution in [3.63, 3.8) is 0 Å². The molecule has 3 rings (SSSR count). The summed E-state index contributed by atoms with van der Waals surface area (Å²) >= 11 is 0. The fraction of sp³-hybridized carbons (Fsp3) is 0.429. The molecule has 1 aliphatic rings. The van der Waals surface area contributed by atoms with E-state index in [1.54, 1.807) is 32.2 Å². The SMILES string of the molecule is COc1ccc(C[C@H]2NC(=O)/C=C/C[C@@H]([C@H](C)/C=C/c3ccccc3)OC(=O)[C@H](CC(C)C)OC(=O)[C@H](C)CNC2=O)cc1. The van der Waals surface area contributed by atoms with Crippen LogP contribution in [0.1, 0.15) is 51.7 Å². The van der Waals surface area contributed by atoms with E-state index < -0.39 is 47.9 Å². The van der Waals surface area contributed by atoms with E-state index in [1.807, 2.05) is 75.4 Å². The predicted molar refractivity (Wildman–Crippen MR) is 168 cm³/mol. The van der Waals surface area contributed by atoms with Gasteiger partial charge in [-0.15, -0.1) is 0 Å². The maximum absolute atomic E-state index is 13.4. The number of ether oxygens (including phenoxy) is 3. The third-order valence-corrected chi connectivity index (χ3v) is 7.31. The molecule has 0 fully saturated rings. The number of carbonyl (C=O) groups is 4. The molecule has 1 heterocycles. The van der Waals surface area contributed by atoms with Gasteiger partial charge < -0.3 is 24.8 Å². The molecule has 2 N–H and O–H groups in total. The van der Waals surface area contributed by atoms with Gasteiger partial charge in [0.25, 0.3) is 0 Å². The van der Waals surface area contributed by atoms with Crippen LogP contribution in [0.3, 0.4) is 0 Å². The molecule has 2 aromatic rings. The van der Waals surface area contributed by atoms with Crippen LogP contribution < -0.4 is 15.4 Å². The van der Waals surface area contributed by atoms with Crippen LogP contribution in [0.25, 0.3) is 6.08 Å². The van der Waals surface area contributed by atoms with Crippen molar-refractivity contribution in [2.45, 2.75) is 65.2 Å². The highest BCUT2D eigenvalue weighted by Crippen LogP contribution is 2.20. The molecule has 236 valence electrons. The van der Waals surface area contributed by atoms with E-state index >= 15 is 0 Å². The number of hydrogen-bond donors (Lipinski definition) is 2. The third kappa shape index (κ3) is 11.0. The van der Waals surface area contributed by atoms with Gasteiger partial charge in [-0.2, -0.15) is 0 Å². The number of cyclic esters (lactones) is 2. The van der Waals surface area contributed by atoms with Crippen molar-refractivity contribution in [1.82, 2.24) is 10.6 Å². The third-order valence-electron chi connectivity index (χ3n) is 7.31.